The van der Waals surface area contributed by atoms with Crippen LogP contribution >= 0.6 is 0 Å². The molecule has 0 saturated heterocycles. The molecule has 20 heavy (non-hydrogen) atoms. The molecule has 1 aromatic rings. The standard InChI is InChI=1S/C14H19FN2O2S/c1-2-3-9-20(18,19)17-11-13-10-12(5-4-8-16)6-7-14(13)15/h6-7,10,17H,2-3,8-9,11,16H2,1H3. The Hall–Kier alpha value is -1.42. The van der Waals surface area contributed by atoms with Crippen LogP contribution in [0.2, 0.25) is 0 Å². The Balaban J connectivity index is 2.77. The van der Waals surface area contributed by atoms with Crippen molar-refractivity contribution in [3.63, 3.8) is 0 Å². The maximum Gasteiger partial charge on any atom is 0.211 e. The zero-order valence-electron chi connectivity index (χ0n) is 11.4. The Bertz CT molecular complexity index is 603. The zero-order chi connectivity index (χ0) is 15.0. The van der Waals surface area contributed by atoms with Gasteiger partial charge in [0.15, 0.2) is 0 Å². The number of unbranched alkanes of at least 4 members (excludes halogenated alkanes) is 1. The Morgan fingerprint density at radius 3 is 2.80 bits per heavy atom. The van der Waals surface area contributed by atoms with Gasteiger partial charge in [0.1, 0.15) is 5.82 Å². The molecule has 1 aromatic carbocycles. The summed E-state index contributed by atoms with van der Waals surface area (Å²) in [4.78, 5) is 0. The van der Waals surface area contributed by atoms with Crippen LogP contribution in [0.1, 0.15) is 30.9 Å². The number of hydrogen-bond acceptors (Lipinski definition) is 3. The number of hydrogen-bond donors (Lipinski definition) is 2. The average molecular weight is 298 g/mol. The van der Waals surface area contributed by atoms with E-state index in [9.17, 15) is 12.8 Å². The van der Waals surface area contributed by atoms with E-state index >= 15 is 0 Å². The molecule has 0 unspecified atom stereocenters. The monoisotopic (exact) mass is 298 g/mol. The van der Waals surface area contributed by atoms with E-state index in [2.05, 4.69) is 16.6 Å². The number of nitrogens with one attached hydrogen (secondary N) is 1. The maximum absolute atomic E-state index is 13.6. The molecule has 0 fully saturated rings. The van der Waals surface area contributed by atoms with Crippen molar-refractivity contribution in [2.45, 2.75) is 26.3 Å². The van der Waals surface area contributed by atoms with Crippen molar-refractivity contribution in [3.05, 3.63) is 35.1 Å². The van der Waals surface area contributed by atoms with Crippen molar-refractivity contribution in [2.75, 3.05) is 12.3 Å². The number of benzene rings is 1. The van der Waals surface area contributed by atoms with Crippen LogP contribution in [0.5, 0.6) is 0 Å². The molecule has 0 aromatic heterocycles. The van der Waals surface area contributed by atoms with Gasteiger partial charge in [0, 0.05) is 17.7 Å². The van der Waals surface area contributed by atoms with Gasteiger partial charge in [-0.15, -0.1) is 0 Å². The highest BCUT2D eigenvalue weighted by Gasteiger charge is 2.11. The molecule has 0 aliphatic carbocycles. The Morgan fingerprint density at radius 2 is 2.15 bits per heavy atom. The van der Waals surface area contributed by atoms with Crippen LogP contribution in [-0.4, -0.2) is 20.7 Å². The van der Waals surface area contributed by atoms with E-state index < -0.39 is 15.8 Å². The largest absolute Gasteiger partial charge is 0.320 e. The predicted octanol–water partition coefficient (Wildman–Crippen LogP) is 1.36. The Morgan fingerprint density at radius 1 is 1.40 bits per heavy atom. The molecular formula is C14H19FN2O2S. The summed E-state index contributed by atoms with van der Waals surface area (Å²) in [6.45, 7) is 2.06. The van der Waals surface area contributed by atoms with Gasteiger partial charge in [0.2, 0.25) is 10.0 Å². The molecule has 1 rings (SSSR count). The molecule has 0 spiro atoms. The number of halogens is 1. The van der Waals surface area contributed by atoms with E-state index in [0.29, 0.717) is 12.0 Å². The van der Waals surface area contributed by atoms with Crippen molar-refractivity contribution in [1.82, 2.24) is 4.72 Å². The summed E-state index contributed by atoms with van der Waals surface area (Å²) in [7, 11) is -3.36. The number of nitrogens with two attached hydrogens (primary N) is 1. The van der Waals surface area contributed by atoms with E-state index in [1.54, 1.807) is 0 Å². The highest BCUT2D eigenvalue weighted by molar-refractivity contribution is 7.89. The van der Waals surface area contributed by atoms with Gasteiger partial charge < -0.3 is 5.73 Å². The minimum Gasteiger partial charge on any atom is -0.320 e. The first kappa shape index (κ1) is 16.6. The van der Waals surface area contributed by atoms with Gasteiger partial charge >= 0.3 is 0 Å². The second-order valence-corrected chi connectivity index (χ2v) is 6.23. The highest BCUT2D eigenvalue weighted by Crippen LogP contribution is 2.10. The third-order valence-corrected chi connectivity index (χ3v) is 4.04. The predicted molar refractivity (Wildman–Crippen MR) is 77.9 cm³/mol. The molecule has 0 amide bonds. The molecule has 0 heterocycles. The summed E-state index contributed by atoms with van der Waals surface area (Å²) in [6.07, 6.45) is 1.37. The van der Waals surface area contributed by atoms with Crippen LogP contribution in [-0.2, 0) is 16.6 Å². The van der Waals surface area contributed by atoms with E-state index in [0.717, 1.165) is 6.42 Å². The van der Waals surface area contributed by atoms with Gasteiger partial charge in [-0.05, 0) is 24.6 Å². The fourth-order valence-electron chi connectivity index (χ4n) is 1.54. The minimum absolute atomic E-state index is 0.0534. The third kappa shape index (κ3) is 5.70. The Kier molecular flexibility index (Phi) is 6.65. The van der Waals surface area contributed by atoms with E-state index in [1.165, 1.54) is 18.2 Å². The van der Waals surface area contributed by atoms with Gasteiger partial charge in [-0.25, -0.2) is 17.5 Å². The van der Waals surface area contributed by atoms with E-state index in [-0.39, 0.29) is 24.4 Å². The molecule has 110 valence electrons. The van der Waals surface area contributed by atoms with Crippen molar-refractivity contribution < 1.29 is 12.8 Å². The van der Waals surface area contributed by atoms with Crippen LogP contribution < -0.4 is 10.5 Å². The SMILES string of the molecule is CCCCS(=O)(=O)NCc1cc(C#CCN)ccc1F. The first-order valence-electron chi connectivity index (χ1n) is 6.43. The molecule has 4 nitrogen and oxygen atoms in total. The van der Waals surface area contributed by atoms with Gasteiger partial charge in [0.05, 0.1) is 12.3 Å². The summed E-state index contributed by atoms with van der Waals surface area (Å²) in [5, 5.41) is 0. The van der Waals surface area contributed by atoms with Crippen LogP contribution in [0.3, 0.4) is 0 Å². The quantitative estimate of drug-likeness (QED) is 0.779. The van der Waals surface area contributed by atoms with Gasteiger partial charge in [-0.3, -0.25) is 0 Å². The summed E-state index contributed by atoms with van der Waals surface area (Å²) in [5.41, 5.74) is 6.15. The van der Waals surface area contributed by atoms with Gasteiger partial charge in [-0.1, -0.05) is 25.2 Å². The second-order valence-electron chi connectivity index (χ2n) is 4.31. The first-order valence-corrected chi connectivity index (χ1v) is 8.08. The second kappa shape index (κ2) is 8.00. The molecule has 6 heteroatoms. The lowest BCUT2D eigenvalue weighted by molar-refractivity contribution is 0.571. The first-order chi connectivity index (χ1) is 9.48. The van der Waals surface area contributed by atoms with Crippen molar-refractivity contribution in [1.29, 1.82) is 0 Å². The van der Waals surface area contributed by atoms with E-state index in [4.69, 9.17) is 5.73 Å². The van der Waals surface area contributed by atoms with Crippen LogP contribution in [0, 0.1) is 17.7 Å². The van der Waals surface area contributed by atoms with Crippen molar-refractivity contribution >= 4 is 10.0 Å². The van der Waals surface area contributed by atoms with Gasteiger partial charge in [-0.2, -0.15) is 0 Å². The van der Waals surface area contributed by atoms with Crippen LogP contribution in [0.4, 0.5) is 4.39 Å². The summed E-state index contributed by atoms with van der Waals surface area (Å²) in [6, 6.07) is 4.34. The number of rotatable bonds is 6. The molecule has 0 bridgehead atoms. The van der Waals surface area contributed by atoms with Crippen molar-refractivity contribution in [3.8, 4) is 11.8 Å². The molecule has 0 aliphatic rings. The fraction of sp³-hybridized carbons (Fsp3) is 0.429. The molecule has 0 aliphatic heterocycles. The fourth-order valence-corrected chi connectivity index (χ4v) is 2.72. The Labute approximate surface area is 119 Å². The molecule has 0 atom stereocenters. The normalized spacial score (nSPS) is 10.9. The summed E-state index contributed by atoms with van der Waals surface area (Å²) < 4.78 is 39.3. The summed E-state index contributed by atoms with van der Waals surface area (Å²) >= 11 is 0. The van der Waals surface area contributed by atoms with Gasteiger partial charge in [0.25, 0.3) is 0 Å². The van der Waals surface area contributed by atoms with Crippen molar-refractivity contribution in [2.24, 2.45) is 5.73 Å². The lowest BCUT2D eigenvalue weighted by Crippen LogP contribution is -2.26. The molecule has 0 saturated carbocycles. The molecular weight excluding hydrogens is 279 g/mol. The lowest BCUT2D eigenvalue weighted by Gasteiger charge is -2.07. The summed E-state index contributed by atoms with van der Waals surface area (Å²) in [5.74, 6) is 5.05. The smallest absolute Gasteiger partial charge is 0.211 e. The highest BCUT2D eigenvalue weighted by atomic mass is 32.2. The van der Waals surface area contributed by atoms with Crippen LogP contribution in [0.15, 0.2) is 18.2 Å². The van der Waals surface area contributed by atoms with E-state index in [1.807, 2.05) is 6.92 Å². The molecule has 3 N–H and O–H groups in total. The average Bonchev–Trinajstić information content (AvgIpc) is 2.43. The maximum atomic E-state index is 13.6. The zero-order valence-corrected chi connectivity index (χ0v) is 12.3. The van der Waals surface area contributed by atoms with Crippen LogP contribution in [0.25, 0.3) is 0 Å². The molecule has 0 radical (unpaired) electrons. The minimum atomic E-state index is -3.36. The lowest BCUT2D eigenvalue weighted by atomic mass is 10.1. The topological polar surface area (TPSA) is 72.2 Å². The number of sulfonamides is 1. The third-order valence-electron chi connectivity index (χ3n) is 2.63.